The van der Waals surface area contributed by atoms with Crippen molar-refractivity contribution < 1.29 is 33.4 Å². The molecule has 1 heterocycles. The topological polar surface area (TPSA) is 147 Å². The van der Waals surface area contributed by atoms with Gasteiger partial charge in [0.25, 0.3) is 0 Å². The van der Waals surface area contributed by atoms with E-state index in [0.717, 1.165) is 7.11 Å². The van der Waals surface area contributed by atoms with Crippen molar-refractivity contribution in [3.63, 3.8) is 0 Å². The minimum atomic E-state index is -1.07. The van der Waals surface area contributed by atoms with Gasteiger partial charge in [-0.3, -0.25) is 9.95 Å². The number of urea groups is 1. The quantitative estimate of drug-likeness (QED) is 0.547. The highest BCUT2D eigenvalue weighted by molar-refractivity contribution is 6.01. The van der Waals surface area contributed by atoms with Crippen LogP contribution in [0.2, 0.25) is 0 Å². The van der Waals surface area contributed by atoms with Crippen LogP contribution in [0.3, 0.4) is 0 Å². The van der Waals surface area contributed by atoms with Crippen LogP contribution in [0.15, 0.2) is 4.63 Å². The van der Waals surface area contributed by atoms with Gasteiger partial charge in [-0.05, 0) is 11.8 Å². The predicted molar refractivity (Wildman–Crippen MR) is 56.0 cm³/mol. The summed E-state index contributed by atoms with van der Waals surface area (Å²) in [6.45, 7) is 1.61. The molecule has 0 aliphatic rings. The summed E-state index contributed by atoms with van der Waals surface area (Å²) in [6, 6.07) is -1.06. The third-order valence-electron chi connectivity index (χ3n) is 1.71. The maximum atomic E-state index is 11.3. The van der Waals surface area contributed by atoms with Crippen LogP contribution < -0.4 is 15.5 Å². The van der Waals surface area contributed by atoms with Crippen LogP contribution in [0.1, 0.15) is 17.4 Å². The molecule has 0 unspecified atom stereocenters. The summed E-state index contributed by atoms with van der Waals surface area (Å²) in [4.78, 5) is 33.2. The molecule has 0 atom stereocenters. The van der Waals surface area contributed by atoms with Crippen LogP contribution in [-0.2, 0) is 9.47 Å². The normalized spacial score (nSPS) is 9.58. The zero-order chi connectivity index (χ0) is 14.4. The molecular weight excluding hydrogens is 264 g/mol. The van der Waals surface area contributed by atoms with Crippen molar-refractivity contribution in [3.05, 3.63) is 10.9 Å². The molecule has 0 radical (unpaired) electrons. The first-order chi connectivity index (χ1) is 8.99. The van der Waals surface area contributed by atoms with E-state index >= 15 is 0 Å². The van der Waals surface area contributed by atoms with E-state index in [1.165, 1.54) is 0 Å². The number of carbonyl (C=O) groups is 3. The Morgan fingerprint density at radius 3 is 2.74 bits per heavy atom. The van der Waals surface area contributed by atoms with Crippen molar-refractivity contribution in [2.75, 3.05) is 19.0 Å². The molecule has 0 aliphatic carbocycles. The average Bonchev–Trinajstić information content (AvgIpc) is 2.69. The van der Waals surface area contributed by atoms with Gasteiger partial charge in [0.1, 0.15) is 0 Å². The van der Waals surface area contributed by atoms with Crippen LogP contribution in [0.25, 0.3) is 0 Å². The molecule has 2 N–H and O–H groups in total. The van der Waals surface area contributed by atoms with Crippen LogP contribution in [0.4, 0.5) is 15.4 Å². The standard InChI is InChI=1S/C8H10N4O7/c1-3-18-8(15)10-7(14)9-5-4(6(13)17-2)12(16)19-11-5/h3H2,1-2H3,(H2,9,10,11,14,15). The number of carbonyl (C=O) groups excluding carboxylic acids is 3. The minimum Gasteiger partial charge on any atom is -0.462 e. The molecule has 19 heavy (non-hydrogen) atoms. The van der Waals surface area contributed by atoms with Crippen molar-refractivity contribution in [2.45, 2.75) is 6.92 Å². The van der Waals surface area contributed by atoms with Crippen molar-refractivity contribution in [2.24, 2.45) is 0 Å². The average molecular weight is 274 g/mol. The molecule has 0 spiro atoms. The van der Waals surface area contributed by atoms with Gasteiger partial charge in [-0.2, -0.15) is 0 Å². The van der Waals surface area contributed by atoms with Crippen LogP contribution in [0.5, 0.6) is 0 Å². The van der Waals surface area contributed by atoms with Gasteiger partial charge in [-0.1, -0.05) is 0 Å². The van der Waals surface area contributed by atoms with Crippen LogP contribution in [0, 0.1) is 5.21 Å². The maximum absolute atomic E-state index is 11.3. The number of nitrogens with zero attached hydrogens (tertiary/aromatic N) is 2. The summed E-state index contributed by atoms with van der Waals surface area (Å²) >= 11 is 0. The third-order valence-corrected chi connectivity index (χ3v) is 1.71. The van der Waals surface area contributed by atoms with Gasteiger partial charge in [-0.15, -0.1) is 0 Å². The minimum absolute atomic E-state index is 0.0665. The maximum Gasteiger partial charge on any atom is 0.415 e. The molecule has 0 aliphatic heterocycles. The lowest BCUT2D eigenvalue weighted by Gasteiger charge is -2.02. The monoisotopic (exact) mass is 274 g/mol. The van der Waals surface area contributed by atoms with Gasteiger partial charge in [0, 0.05) is 0 Å². The van der Waals surface area contributed by atoms with Gasteiger partial charge in [0.05, 0.1) is 18.9 Å². The lowest BCUT2D eigenvalue weighted by molar-refractivity contribution is -0.804. The number of amides is 3. The number of hydrogen-bond donors (Lipinski definition) is 2. The Morgan fingerprint density at radius 2 is 2.16 bits per heavy atom. The fraction of sp³-hybridized carbons (Fsp3) is 0.375. The van der Waals surface area contributed by atoms with Crippen molar-refractivity contribution in [1.82, 2.24) is 10.5 Å². The van der Waals surface area contributed by atoms with Crippen LogP contribution >= 0.6 is 0 Å². The highest BCUT2D eigenvalue weighted by atomic mass is 16.8. The van der Waals surface area contributed by atoms with Gasteiger partial charge >= 0.3 is 29.6 Å². The highest BCUT2D eigenvalue weighted by Gasteiger charge is 2.29. The van der Waals surface area contributed by atoms with Crippen molar-refractivity contribution >= 4 is 23.9 Å². The Bertz CT molecular complexity index is 497. The number of imide groups is 1. The second-order valence-corrected chi connectivity index (χ2v) is 2.92. The fourth-order valence-corrected chi connectivity index (χ4v) is 0.997. The molecule has 0 saturated heterocycles. The number of methoxy groups -OCH3 is 1. The number of nitrogens with one attached hydrogen (secondary N) is 2. The molecule has 1 rings (SSSR count). The number of aromatic nitrogens is 2. The lowest BCUT2D eigenvalue weighted by atomic mass is 10.4. The molecule has 0 aromatic carbocycles. The zero-order valence-electron chi connectivity index (χ0n) is 9.96. The van der Waals surface area contributed by atoms with Crippen LogP contribution in [-0.4, -0.2) is 37.0 Å². The fourth-order valence-electron chi connectivity index (χ4n) is 0.997. The molecule has 104 valence electrons. The molecule has 11 nitrogen and oxygen atoms in total. The summed E-state index contributed by atoms with van der Waals surface area (Å²) in [5.41, 5.74) is -0.665. The number of rotatable bonds is 3. The molecule has 11 heteroatoms. The second-order valence-electron chi connectivity index (χ2n) is 2.92. The van der Waals surface area contributed by atoms with Gasteiger partial charge in [0.2, 0.25) is 0 Å². The van der Waals surface area contributed by atoms with Gasteiger partial charge < -0.3 is 14.7 Å². The van der Waals surface area contributed by atoms with E-state index in [1.807, 2.05) is 5.32 Å². The van der Waals surface area contributed by atoms with E-state index < -0.39 is 29.6 Å². The van der Waals surface area contributed by atoms with E-state index in [-0.39, 0.29) is 11.5 Å². The Kier molecular flexibility index (Phi) is 4.62. The first-order valence-electron chi connectivity index (χ1n) is 4.92. The smallest absolute Gasteiger partial charge is 0.415 e. The number of esters is 1. The summed E-state index contributed by atoms with van der Waals surface area (Å²) in [7, 11) is 1.03. The van der Waals surface area contributed by atoms with Crippen molar-refractivity contribution in [3.8, 4) is 0 Å². The van der Waals surface area contributed by atoms with Gasteiger partial charge in [0.15, 0.2) is 0 Å². The Morgan fingerprint density at radius 1 is 1.47 bits per heavy atom. The summed E-state index contributed by atoms with van der Waals surface area (Å²) in [5.74, 6) is -1.56. The molecule has 0 saturated carbocycles. The largest absolute Gasteiger partial charge is 0.462 e. The Hall–Kier alpha value is -2.85. The second kappa shape index (κ2) is 6.18. The van der Waals surface area contributed by atoms with Crippen molar-refractivity contribution in [1.29, 1.82) is 0 Å². The highest BCUT2D eigenvalue weighted by Crippen LogP contribution is 2.08. The van der Waals surface area contributed by atoms with E-state index in [9.17, 15) is 19.6 Å². The van der Waals surface area contributed by atoms with E-state index in [1.54, 1.807) is 12.2 Å². The first kappa shape index (κ1) is 14.2. The van der Waals surface area contributed by atoms with E-state index in [2.05, 4.69) is 19.3 Å². The number of anilines is 1. The van der Waals surface area contributed by atoms with E-state index in [4.69, 9.17) is 0 Å². The summed E-state index contributed by atoms with van der Waals surface area (Å²) in [6.07, 6.45) is -1.00. The number of alkyl carbamates (subject to hydrolysis) is 1. The molecular formula is C8H10N4O7. The predicted octanol–water partition coefficient (Wildman–Crippen LogP) is -0.627. The molecule has 1 aromatic rings. The molecule has 1 aromatic heterocycles. The van der Waals surface area contributed by atoms with E-state index in [0.29, 0.717) is 0 Å². The molecule has 0 fully saturated rings. The SMILES string of the molecule is CCOC(=O)NC(=O)Nc1no[n+]([O-])c1C(=O)OC. The Balaban J connectivity index is 2.75. The Labute approximate surface area is 106 Å². The first-order valence-corrected chi connectivity index (χ1v) is 4.92. The third kappa shape index (κ3) is 3.55. The molecule has 3 amide bonds. The van der Waals surface area contributed by atoms with Gasteiger partial charge in [-0.25, -0.2) is 19.7 Å². The molecule has 0 bridgehead atoms. The lowest BCUT2D eigenvalue weighted by Crippen LogP contribution is -2.37. The number of ether oxygens (including phenoxy) is 2. The zero-order valence-corrected chi connectivity index (χ0v) is 9.96. The summed E-state index contributed by atoms with van der Waals surface area (Å²) < 4.78 is 12.9. The summed E-state index contributed by atoms with van der Waals surface area (Å²) in [5, 5.41) is 17.9. The number of hydrogen-bond acceptors (Lipinski definition) is 8.